The van der Waals surface area contributed by atoms with Crippen LogP contribution in [0, 0.1) is 5.82 Å². The summed E-state index contributed by atoms with van der Waals surface area (Å²) in [6.45, 7) is 6.72. The maximum Gasteiger partial charge on any atom is 0.338 e. The molecule has 41 heavy (non-hydrogen) atoms. The van der Waals surface area contributed by atoms with Gasteiger partial charge in [-0.1, -0.05) is 23.7 Å². The Morgan fingerprint density at radius 3 is 2.76 bits per heavy atom. The van der Waals surface area contributed by atoms with E-state index in [1.54, 1.807) is 29.5 Å². The Labute approximate surface area is 245 Å². The molecule has 2 amide bonds. The molecule has 2 aromatic rings. The molecule has 1 aromatic carbocycles. The second kappa shape index (κ2) is 11.4. The van der Waals surface area contributed by atoms with Crippen molar-refractivity contribution in [1.82, 2.24) is 25.0 Å². The first-order valence-electron chi connectivity index (χ1n) is 13.2. The van der Waals surface area contributed by atoms with Crippen LogP contribution in [0.4, 0.5) is 9.18 Å². The van der Waals surface area contributed by atoms with Gasteiger partial charge in [-0.25, -0.2) is 23.8 Å². The number of rotatable bonds is 8. The van der Waals surface area contributed by atoms with Crippen molar-refractivity contribution in [3.05, 3.63) is 62.5 Å². The van der Waals surface area contributed by atoms with Crippen LogP contribution in [0.15, 0.2) is 46.0 Å². The van der Waals surface area contributed by atoms with Gasteiger partial charge in [-0.3, -0.25) is 9.89 Å². The maximum absolute atomic E-state index is 14.6. The highest BCUT2D eigenvalue weighted by atomic mass is 35.5. The second-order valence-electron chi connectivity index (χ2n) is 10.4. The molecule has 2 atom stereocenters. The lowest BCUT2D eigenvalue weighted by molar-refractivity contribution is -0.147. The number of thiazole rings is 1. The van der Waals surface area contributed by atoms with Crippen LogP contribution in [0.25, 0.3) is 0 Å². The Morgan fingerprint density at radius 1 is 1.29 bits per heavy atom. The number of ether oxygens (including phenoxy) is 1. The van der Waals surface area contributed by atoms with E-state index in [1.165, 1.54) is 42.2 Å². The highest BCUT2D eigenvalue weighted by Crippen LogP contribution is 2.38. The Balaban J connectivity index is 1.49. The van der Waals surface area contributed by atoms with Crippen LogP contribution in [0.2, 0.25) is 5.02 Å². The van der Waals surface area contributed by atoms with Crippen molar-refractivity contribution in [2.45, 2.75) is 38.4 Å². The number of carboxylic acids is 1. The molecule has 14 heteroatoms. The minimum Gasteiger partial charge on any atom is -0.480 e. The quantitative estimate of drug-likeness (QED) is 0.440. The number of urea groups is 1. The number of halogens is 2. The van der Waals surface area contributed by atoms with Gasteiger partial charge in [0.1, 0.15) is 17.4 Å². The Bertz CT molecular complexity index is 1430. The summed E-state index contributed by atoms with van der Waals surface area (Å²) in [6, 6.07) is 2.90. The molecule has 0 spiro atoms. The summed E-state index contributed by atoms with van der Waals surface area (Å²) in [5, 5.41) is 15.2. The predicted octanol–water partition coefficient (Wildman–Crippen LogP) is 3.13. The highest BCUT2D eigenvalue weighted by Gasteiger charge is 2.49. The first-order chi connectivity index (χ1) is 19.5. The number of piperazine rings is 1. The number of carbonyl (C=O) groups excluding carboxylic acids is 2. The standard InChI is InChI=1S/C27H30ClFN6O5S/c1-4-40-24(36)19-18(14-33-9-10-34-15(12-33)13-35(26(34)39)27(2,3)25(37)38)31-22(23-30-8-11-41-23)32-21(19)16-6-5-7-17(29)20(16)28/h5-8,11,15,21H,4,9-10,12-14H2,1-3H3,(H,31,32)(H,37,38)/t15?,21-/m0/s1. The molecule has 4 heterocycles. The lowest BCUT2D eigenvalue weighted by Crippen LogP contribution is -2.54. The zero-order chi connectivity index (χ0) is 29.5. The van der Waals surface area contributed by atoms with Gasteiger partial charge < -0.3 is 25.0 Å². The van der Waals surface area contributed by atoms with Crippen molar-refractivity contribution in [3.63, 3.8) is 0 Å². The molecule has 0 bridgehead atoms. The average Bonchev–Trinajstić information content (AvgIpc) is 3.58. The van der Waals surface area contributed by atoms with Crippen molar-refractivity contribution < 1.29 is 28.6 Å². The molecule has 2 N–H and O–H groups in total. The number of carbonyl (C=O) groups is 3. The van der Waals surface area contributed by atoms with Gasteiger partial charge in [-0.05, 0) is 26.8 Å². The third-order valence-corrected chi connectivity index (χ3v) is 8.73. The van der Waals surface area contributed by atoms with Crippen LogP contribution >= 0.6 is 22.9 Å². The van der Waals surface area contributed by atoms with Gasteiger partial charge in [0.2, 0.25) is 0 Å². The van der Waals surface area contributed by atoms with Crippen LogP contribution in [-0.4, -0.2) is 99.5 Å². The largest absolute Gasteiger partial charge is 0.480 e. The summed E-state index contributed by atoms with van der Waals surface area (Å²) in [5.74, 6) is -1.90. The maximum atomic E-state index is 14.6. The Hall–Kier alpha value is -3.55. The summed E-state index contributed by atoms with van der Waals surface area (Å²) >= 11 is 7.74. The number of amides is 2. The van der Waals surface area contributed by atoms with Crippen molar-refractivity contribution in [3.8, 4) is 0 Å². The zero-order valence-electron chi connectivity index (χ0n) is 22.8. The fraction of sp³-hybridized carbons (Fsp3) is 0.444. The minimum atomic E-state index is -1.35. The number of benzene rings is 1. The molecule has 2 saturated heterocycles. The molecule has 0 aliphatic carbocycles. The highest BCUT2D eigenvalue weighted by molar-refractivity contribution is 7.11. The first-order valence-corrected chi connectivity index (χ1v) is 14.4. The van der Waals surface area contributed by atoms with Crippen molar-refractivity contribution in [2.24, 2.45) is 4.99 Å². The number of carboxylic acid groups (broad SMARTS) is 1. The van der Waals surface area contributed by atoms with Gasteiger partial charge >= 0.3 is 18.0 Å². The number of aromatic nitrogens is 1. The van der Waals surface area contributed by atoms with Gasteiger partial charge in [0.05, 0.1) is 23.2 Å². The monoisotopic (exact) mass is 604 g/mol. The van der Waals surface area contributed by atoms with Gasteiger partial charge in [0.25, 0.3) is 0 Å². The van der Waals surface area contributed by atoms with Crippen molar-refractivity contribution in [2.75, 3.05) is 39.3 Å². The number of amidine groups is 1. The molecule has 0 saturated carbocycles. The molecule has 1 aromatic heterocycles. The van der Waals surface area contributed by atoms with E-state index in [1.807, 2.05) is 0 Å². The summed E-state index contributed by atoms with van der Waals surface area (Å²) < 4.78 is 20.0. The summed E-state index contributed by atoms with van der Waals surface area (Å²) in [7, 11) is 0. The van der Waals surface area contributed by atoms with E-state index in [-0.39, 0.29) is 42.4 Å². The molecule has 1 unspecified atom stereocenters. The number of aliphatic carboxylic acids is 1. The molecule has 11 nitrogen and oxygen atoms in total. The van der Waals surface area contributed by atoms with Crippen molar-refractivity contribution >= 4 is 46.7 Å². The van der Waals surface area contributed by atoms with Gasteiger partial charge in [0, 0.05) is 55.6 Å². The average molecular weight is 605 g/mol. The fourth-order valence-electron chi connectivity index (χ4n) is 5.30. The lowest BCUT2D eigenvalue weighted by atomic mass is 9.95. The molecule has 0 radical (unpaired) electrons. The summed E-state index contributed by atoms with van der Waals surface area (Å²) in [5.41, 5.74) is -0.312. The number of fused-ring (bicyclic) bond motifs is 1. The number of nitrogens with zero attached hydrogens (tertiary/aromatic N) is 5. The predicted molar refractivity (Wildman–Crippen MR) is 150 cm³/mol. The molecule has 218 valence electrons. The lowest BCUT2D eigenvalue weighted by Gasteiger charge is -2.38. The molecular weight excluding hydrogens is 575 g/mol. The number of nitrogens with one attached hydrogen (secondary N) is 1. The molecule has 3 aliphatic rings. The van der Waals surface area contributed by atoms with E-state index >= 15 is 0 Å². The Morgan fingerprint density at radius 2 is 2.07 bits per heavy atom. The minimum absolute atomic E-state index is 0.125. The van der Waals surface area contributed by atoms with E-state index in [2.05, 4.69) is 15.2 Å². The molecule has 2 fully saturated rings. The van der Waals surface area contributed by atoms with Crippen LogP contribution in [-0.2, 0) is 14.3 Å². The molecule has 5 rings (SSSR count). The van der Waals surface area contributed by atoms with Crippen LogP contribution in [0.3, 0.4) is 0 Å². The first kappa shape index (κ1) is 29.0. The van der Waals surface area contributed by atoms with E-state index in [9.17, 15) is 23.9 Å². The number of aliphatic imine (C=N–C) groups is 1. The number of esters is 1. The smallest absolute Gasteiger partial charge is 0.338 e. The third-order valence-electron chi connectivity index (χ3n) is 7.55. The zero-order valence-corrected chi connectivity index (χ0v) is 24.3. The number of hydrogen-bond acceptors (Lipinski definition) is 9. The van der Waals surface area contributed by atoms with E-state index < -0.39 is 29.3 Å². The fourth-order valence-corrected chi connectivity index (χ4v) is 6.11. The van der Waals surface area contributed by atoms with Crippen LogP contribution in [0.5, 0.6) is 0 Å². The number of hydrogen-bond donors (Lipinski definition) is 2. The van der Waals surface area contributed by atoms with Crippen LogP contribution in [0.1, 0.15) is 37.4 Å². The second-order valence-corrected chi connectivity index (χ2v) is 11.7. The third kappa shape index (κ3) is 5.41. The summed E-state index contributed by atoms with van der Waals surface area (Å²) in [6.07, 6.45) is 1.64. The normalized spacial score (nSPS) is 21.5. The topological polar surface area (TPSA) is 128 Å². The SMILES string of the molecule is CCOC(=O)C1=C(CN2CCN3C(=O)N(C(C)(C)C(=O)O)CC3C2)NC(c2nccs2)=N[C@H]1c1cccc(F)c1Cl. The Kier molecular flexibility index (Phi) is 8.04. The van der Waals surface area contributed by atoms with Gasteiger partial charge in [-0.2, -0.15) is 0 Å². The van der Waals surface area contributed by atoms with E-state index in [4.69, 9.17) is 21.3 Å². The molecular formula is C27H30ClFN6O5S. The van der Waals surface area contributed by atoms with E-state index in [0.29, 0.717) is 41.7 Å². The molecule has 3 aliphatic heterocycles. The van der Waals surface area contributed by atoms with Crippen molar-refractivity contribution in [1.29, 1.82) is 0 Å². The van der Waals surface area contributed by atoms with E-state index in [0.717, 1.165) is 0 Å². The summed E-state index contributed by atoms with van der Waals surface area (Å²) in [4.78, 5) is 52.6. The van der Waals surface area contributed by atoms with Crippen LogP contribution < -0.4 is 5.32 Å². The van der Waals surface area contributed by atoms with Gasteiger partial charge in [-0.15, -0.1) is 11.3 Å². The van der Waals surface area contributed by atoms with Gasteiger partial charge in [0.15, 0.2) is 10.8 Å².